The number of hydrogen-bond acceptors (Lipinski definition) is 4. The lowest BCUT2D eigenvalue weighted by molar-refractivity contribution is 0.589. The zero-order valence-electron chi connectivity index (χ0n) is 11.8. The molecule has 0 atom stereocenters. The molecule has 114 valence electrons. The molecule has 0 saturated heterocycles. The Balaban J connectivity index is 2.57. The van der Waals surface area contributed by atoms with E-state index in [9.17, 15) is 12.8 Å². The Hall–Kier alpha value is -1.93. The number of H-pyrrole nitrogens is 1. The standard InChI is InChI=1S/C13H17FN4O2S/c1-3-18(11-6-4-5-10(14)7-11)21(19,20)13-9(2)16-17-12(13)8-15/h4-7H,3,8,15H2,1-2H3,(H,16,17). The van der Waals surface area contributed by atoms with Crippen molar-refractivity contribution in [1.29, 1.82) is 0 Å². The monoisotopic (exact) mass is 312 g/mol. The molecular weight excluding hydrogens is 295 g/mol. The molecule has 1 aromatic carbocycles. The average molecular weight is 312 g/mol. The Labute approximate surface area is 122 Å². The predicted molar refractivity (Wildman–Crippen MR) is 77.8 cm³/mol. The number of benzene rings is 1. The van der Waals surface area contributed by atoms with Crippen molar-refractivity contribution in [2.45, 2.75) is 25.3 Å². The first-order chi connectivity index (χ1) is 9.91. The summed E-state index contributed by atoms with van der Waals surface area (Å²) in [5.41, 5.74) is 6.48. The van der Waals surface area contributed by atoms with Crippen LogP contribution in [-0.2, 0) is 16.6 Å². The Bertz CT molecular complexity index is 742. The zero-order valence-corrected chi connectivity index (χ0v) is 12.6. The Morgan fingerprint density at radius 1 is 1.43 bits per heavy atom. The van der Waals surface area contributed by atoms with Gasteiger partial charge in [0.15, 0.2) is 0 Å². The summed E-state index contributed by atoms with van der Waals surface area (Å²) in [7, 11) is -3.86. The van der Waals surface area contributed by atoms with Crippen molar-refractivity contribution in [3.8, 4) is 0 Å². The number of nitrogens with two attached hydrogens (primary N) is 1. The highest BCUT2D eigenvalue weighted by atomic mass is 32.2. The lowest BCUT2D eigenvalue weighted by atomic mass is 10.3. The summed E-state index contributed by atoms with van der Waals surface area (Å²) in [5, 5.41) is 6.52. The third-order valence-corrected chi connectivity index (χ3v) is 5.19. The molecule has 0 bridgehead atoms. The van der Waals surface area contributed by atoms with E-state index in [2.05, 4.69) is 10.2 Å². The first-order valence-corrected chi connectivity index (χ1v) is 7.88. The molecule has 21 heavy (non-hydrogen) atoms. The fraction of sp³-hybridized carbons (Fsp3) is 0.308. The van der Waals surface area contributed by atoms with Gasteiger partial charge >= 0.3 is 0 Å². The molecule has 1 heterocycles. The number of nitrogens with zero attached hydrogens (tertiary/aromatic N) is 2. The summed E-state index contributed by atoms with van der Waals surface area (Å²) < 4.78 is 40.1. The third-order valence-electron chi connectivity index (χ3n) is 3.09. The van der Waals surface area contributed by atoms with Gasteiger partial charge in [-0.2, -0.15) is 5.10 Å². The second-order valence-corrected chi connectivity index (χ2v) is 6.28. The highest BCUT2D eigenvalue weighted by Gasteiger charge is 2.30. The molecule has 1 aromatic heterocycles. The van der Waals surface area contributed by atoms with Gasteiger partial charge in [-0.05, 0) is 32.0 Å². The largest absolute Gasteiger partial charge is 0.325 e. The molecule has 8 heteroatoms. The average Bonchev–Trinajstić information content (AvgIpc) is 2.81. The zero-order chi connectivity index (χ0) is 15.6. The quantitative estimate of drug-likeness (QED) is 0.876. The van der Waals surface area contributed by atoms with Gasteiger partial charge in [0.2, 0.25) is 0 Å². The Kier molecular flexibility index (Phi) is 4.29. The predicted octanol–water partition coefficient (Wildman–Crippen LogP) is 1.53. The van der Waals surface area contributed by atoms with Crippen LogP contribution in [0.2, 0.25) is 0 Å². The van der Waals surface area contributed by atoms with Gasteiger partial charge < -0.3 is 5.73 Å². The van der Waals surface area contributed by atoms with E-state index >= 15 is 0 Å². The summed E-state index contributed by atoms with van der Waals surface area (Å²) in [6.45, 7) is 3.46. The molecular formula is C13H17FN4O2S. The van der Waals surface area contributed by atoms with Crippen LogP contribution in [0, 0.1) is 12.7 Å². The summed E-state index contributed by atoms with van der Waals surface area (Å²) in [6.07, 6.45) is 0. The molecule has 0 saturated carbocycles. The van der Waals surface area contributed by atoms with E-state index in [1.54, 1.807) is 19.9 Å². The fourth-order valence-electron chi connectivity index (χ4n) is 2.18. The van der Waals surface area contributed by atoms with Crippen molar-refractivity contribution in [2.24, 2.45) is 5.73 Å². The normalized spacial score (nSPS) is 11.6. The topological polar surface area (TPSA) is 92.1 Å². The van der Waals surface area contributed by atoms with Crippen LogP contribution in [0.25, 0.3) is 0 Å². The molecule has 3 N–H and O–H groups in total. The minimum Gasteiger partial charge on any atom is -0.325 e. The molecule has 0 aliphatic heterocycles. The Morgan fingerprint density at radius 2 is 2.14 bits per heavy atom. The molecule has 0 aliphatic rings. The highest BCUT2D eigenvalue weighted by molar-refractivity contribution is 7.93. The number of sulfonamides is 1. The number of nitrogens with one attached hydrogen (secondary N) is 1. The van der Waals surface area contributed by atoms with E-state index in [4.69, 9.17) is 5.73 Å². The number of aryl methyl sites for hydroxylation is 1. The van der Waals surface area contributed by atoms with Gasteiger partial charge in [-0.3, -0.25) is 9.40 Å². The van der Waals surface area contributed by atoms with E-state index in [0.29, 0.717) is 5.69 Å². The summed E-state index contributed by atoms with van der Waals surface area (Å²) in [5.74, 6) is -0.496. The van der Waals surface area contributed by atoms with Crippen molar-refractivity contribution in [1.82, 2.24) is 10.2 Å². The second-order valence-electron chi connectivity index (χ2n) is 4.48. The first kappa shape index (κ1) is 15.5. The lowest BCUT2D eigenvalue weighted by Gasteiger charge is -2.23. The molecule has 0 aliphatic carbocycles. The second kappa shape index (κ2) is 5.82. The van der Waals surface area contributed by atoms with E-state index in [-0.39, 0.29) is 29.4 Å². The maximum absolute atomic E-state index is 13.4. The van der Waals surface area contributed by atoms with Crippen molar-refractivity contribution < 1.29 is 12.8 Å². The molecule has 2 aromatic rings. The van der Waals surface area contributed by atoms with Crippen LogP contribution in [0.5, 0.6) is 0 Å². The lowest BCUT2D eigenvalue weighted by Crippen LogP contribution is -2.32. The minimum absolute atomic E-state index is 0.000388. The number of hydrogen-bond donors (Lipinski definition) is 2. The van der Waals surface area contributed by atoms with Gasteiger partial charge in [-0.1, -0.05) is 6.07 Å². The van der Waals surface area contributed by atoms with Crippen molar-refractivity contribution in [3.63, 3.8) is 0 Å². The van der Waals surface area contributed by atoms with E-state index in [1.807, 2.05) is 0 Å². The summed E-state index contributed by atoms with van der Waals surface area (Å²) in [6, 6.07) is 5.45. The number of aromatic nitrogens is 2. The van der Waals surface area contributed by atoms with Gasteiger partial charge in [-0.15, -0.1) is 0 Å². The van der Waals surface area contributed by atoms with Gasteiger partial charge in [-0.25, -0.2) is 12.8 Å². The van der Waals surface area contributed by atoms with Gasteiger partial charge in [0.05, 0.1) is 17.1 Å². The van der Waals surface area contributed by atoms with E-state index < -0.39 is 15.8 Å². The van der Waals surface area contributed by atoms with Crippen molar-refractivity contribution in [3.05, 3.63) is 41.5 Å². The number of halogens is 1. The summed E-state index contributed by atoms with van der Waals surface area (Å²) >= 11 is 0. The minimum atomic E-state index is -3.86. The smallest absolute Gasteiger partial charge is 0.268 e. The molecule has 6 nitrogen and oxygen atoms in total. The summed E-state index contributed by atoms with van der Waals surface area (Å²) in [4.78, 5) is 0.0520. The van der Waals surface area contributed by atoms with Gasteiger partial charge in [0.25, 0.3) is 10.0 Å². The van der Waals surface area contributed by atoms with Crippen LogP contribution in [0.1, 0.15) is 18.3 Å². The molecule has 0 spiro atoms. The molecule has 0 fully saturated rings. The van der Waals surface area contributed by atoms with E-state index in [0.717, 1.165) is 4.31 Å². The van der Waals surface area contributed by atoms with Gasteiger partial charge in [0.1, 0.15) is 10.7 Å². The molecule has 2 rings (SSSR count). The van der Waals surface area contributed by atoms with Crippen LogP contribution in [0.3, 0.4) is 0 Å². The van der Waals surface area contributed by atoms with Crippen LogP contribution in [-0.4, -0.2) is 25.2 Å². The van der Waals surface area contributed by atoms with Crippen LogP contribution >= 0.6 is 0 Å². The van der Waals surface area contributed by atoms with Crippen LogP contribution in [0.15, 0.2) is 29.2 Å². The maximum atomic E-state index is 13.4. The highest BCUT2D eigenvalue weighted by Crippen LogP contribution is 2.27. The van der Waals surface area contributed by atoms with Crippen LogP contribution < -0.4 is 10.0 Å². The fourth-order valence-corrected chi connectivity index (χ4v) is 3.99. The van der Waals surface area contributed by atoms with Crippen molar-refractivity contribution in [2.75, 3.05) is 10.8 Å². The van der Waals surface area contributed by atoms with Crippen molar-refractivity contribution >= 4 is 15.7 Å². The maximum Gasteiger partial charge on any atom is 0.268 e. The number of anilines is 1. The Morgan fingerprint density at radius 3 is 2.71 bits per heavy atom. The third kappa shape index (κ3) is 2.77. The van der Waals surface area contributed by atoms with E-state index in [1.165, 1.54) is 18.2 Å². The molecule has 0 radical (unpaired) electrons. The number of rotatable bonds is 5. The number of aromatic amines is 1. The molecule has 0 amide bonds. The van der Waals surface area contributed by atoms with Gasteiger partial charge in [0, 0.05) is 13.1 Å². The molecule has 0 unspecified atom stereocenters. The SMILES string of the molecule is CCN(c1cccc(F)c1)S(=O)(=O)c1c(CN)n[nH]c1C. The van der Waals surface area contributed by atoms with Crippen LogP contribution in [0.4, 0.5) is 10.1 Å². The first-order valence-electron chi connectivity index (χ1n) is 6.44.